The maximum Gasteiger partial charge on any atom is 0.407 e. The fraction of sp³-hybridized carbons (Fsp3) is 0.271. The van der Waals surface area contributed by atoms with Gasteiger partial charge in [0.05, 0.1) is 5.69 Å². The highest BCUT2D eigenvalue weighted by Gasteiger charge is 2.19. The molecule has 2 heterocycles. The number of carbonyl (C=O) groups excluding carboxylic acids is 4. The minimum absolute atomic E-state index is 0. The number of ether oxygens (including phenoxy) is 4. The van der Waals surface area contributed by atoms with Crippen molar-refractivity contribution < 1.29 is 38.1 Å². The van der Waals surface area contributed by atoms with E-state index in [1.165, 1.54) is 21.9 Å². The van der Waals surface area contributed by atoms with E-state index in [2.05, 4.69) is 91.9 Å². The number of hydrogen-bond donors (Lipinski definition) is 5. The highest BCUT2D eigenvalue weighted by atomic mass is 35.5. The molecule has 0 atom stereocenters. The first-order valence-corrected chi connectivity index (χ1v) is 34.5. The van der Waals surface area contributed by atoms with Crippen molar-refractivity contribution in [2.45, 2.75) is 153 Å². The van der Waals surface area contributed by atoms with Gasteiger partial charge in [-0.05, 0) is 199 Å². The predicted octanol–water partition coefficient (Wildman–Crippen LogP) is 22.6. The van der Waals surface area contributed by atoms with Crippen molar-refractivity contribution in [1.82, 2.24) is 31.2 Å². The molecule has 104 heavy (non-hydrogen) atoms. The van der Waals surface area contributed by atoms with Gasteiger partial charge in [0.2, 0.25) is 0 Å². The number of rotatable bonds is 11. The van der Waals surface area contributed by atoms with Gasteiger partial charge < -0.3 is 45.9 Å². The Morgan fingerprint density at radius 1 is 0.375 bits per heavy atom. The Balaban J connectivity index is 0.000000272. The predicted molar refractivity (Wildman–Crippen MR) is 432 cm³/mol. The average Bonchev–Trinajstić information content (AvgIpc) is 0.802. The number of amides is 4. The third kappa shape index (κ3) is 32.7. The second-order valence-electron chi connectivity index (χ2n) is 27.5. The van der Waals surface area contributed by atoms with Crippen LogP contribution in [0.2, 0.25) is 15.2 Å². The van der Waals surface area contributed by atoms with Crippen LogP contribution < -0.4 is 27.0 Å². The molecule has 0 saturated heterocycles. The van der Waals surface area contributed by atoms with E-state index in [4.69, 9.17) is 59.5 Å². The van der Waals surface area contributed by atoms with Crippen molar-refractivity contribution in [2.75, 3.05) is 0 Å². The second kappa shape index (κ2) is 42.1. The highest BCUT2D eigenvalue weighted by Crippen LogP contribution is 2.30. The summed E-state index contributed by atoms with van der Waals surface area (Å²) < 4.78 is 20.8. The van der Waals surface area contributed by atoms with Gasteiger partial charge in [0, 0.05) is 71.5 Å². The van der Waals surface area contributed by atoms with Gasteiger partial charge in [-0.25, -0.2) is 24.2 Å². The minimum atomic E-state index is -0.501. The summed E-state index contributed by atoms with van der Waals surface area (Å²) in [5, 5.41) is 19.8. The summed E-state index contributed by atoms with van der Waals surface area (Å²) in [6, 6.07) is 73.9. The summed E-state index contributed by atoms with van der Waals surface area (Å²) in [6.45, 7) is 26.5. The molecule has 4 amide bonds. The summed E-state index contributed by atoms with van der Waals surface area (Å²) in [7, 11) is 0. The molecule has 0 spiro atoms. The SMILES string of the molecule is C.CC(C)(C)OC(=O)NCc1cccc(-c2cccc3ccccc23)c1.CC(C)(C)OC(=O)NCc1cccc(-c2nccc3ccccc23)c1.CC(C)(C)OC(=O)NCc1cccc(Cl)c1.Cc1cccc(CNC(=O)OC(C)(C)C)c1.Cl.Clc1nccc2ccccc12.NCc1cccc(Cl)c1. The molecule has 550 valence electrons. The van der Waals surface area contributed by atoms with E-state index in [1.807, 2.05) is 248 Å². The Bertz CT molecular complexity index is 4290. The number of nitrogens with one attached hydrogen (secondary N) is 4. The molecule has 2 aromatic heterocycles. The van der Waals surface area contributed by atoms with E-state index >= 15 is 0 Å². The van der Waals surface area contributed by atoms with Gasteiger partial charge in [0.15, 0.2) is 0 Å². The third-order valence-electron chi connectivity index (χ3n) is 14.0. The lowest BCUT2D eigenvalue weighted by Crippen LogP contribution is -2.32. The van der Waals surface area contributed by atoms with E-state index in [9.17, 15) is 19.2 Å². The van der Waals surface area contributed by atoms with Crippen molar-refractivity contribution in [3.63, 3.8) is 0 Å². The number of pyridine rings is 2. The van der Waals surface area contributed by atoms with Gasteiger partial charge in [0.1, 0.15) is 27.6 Å². The molecule has 0 fully saturated rings. The average molecular weight is 1490 g/mol. The molecule has 0 radical (unpaired) electrons. The van der Waals surface area contributed by atoms with Gasteiger partial charge in [-0.2, -0.15) is 0 Å². The van der Waals surface area contributed by atoms with Crippen molar-refractivity contribution in [1.29, 1.82) is 0 Å². The van der Waals surface area contributed by atoms with Crippen LogP contribution in [0.3, 0.4) is 0 Å². The quantitative estimate of drug-likeness (QED) is 0.0608. The Morgan fingerprint density at radius 3 is 1.14 bits per heavy atom. The molecule has 11 rings (SSSR count). The zero-order valence-corrected chi connectivity index (χ0v) is 63.9. The number of benzene rings is 9. The number of carbonyl (C=O) groups is 4. The summed E-state index contributed by atoms with van der Waals surface area (Å²) in [5.74, 6) is 0. The van der Waals surface area contributed by atoms with Crippen LogP contribution in [0.25, 0.3) is 54.7 Å². The topological polar surface area (TPSA) is 205 Å². The Hall–Kier alpha value is -9.74. The molecular formula is C85H99Cl4N7O8. The fourth-order valence-electron chi connectivity index (χ4n) is 9.67. The number of aromatic nitrogens is 2. The van der Waals surface area contributed by atoms with E-state index in [0.717, 1.165) is 71.2 Å². The van der Waals surface area contributed by atoms with Crippen molar-refractivity contribution in [2.24, 2.45) is 5.73 Å². The molecule has 0 saturated carbocycles. The van der Waals surface area contributed by atoms with E-state index in [0.29, 0.717) is 42.9 Å². The van der Waals surface area contributed by atoms with Crippen LogP contribution in [0.4, 0.5) is 19.2 Å². The van der Waals surface area contributed by atoms with Crippen LogP contribution in [0.5, 0.6) is 0 Å². The van der Waals surface area contributed by atoms with Gasteiger partial charge in [-0.15, -0.1) is 12.4 Å². The van der Waals surface area contributed by atoms with Crippen LogP contribution in [0.1, 0.15) is 124 Å². The molecule has 11 aromatic rings. The Labute approximate surface area is 635 Å². The number of alkyl carbamates (subject to hydrolysis) is 4. The van der Waals surface area contributed by atoms with E-state index in [-0.39, 0.29) is 25.9 Å². The number of halogens is 4. The fourth-order valence-corrected chi connectivity index (χ4v) is 10.3. The Kier molecular flexibility index (Phi) is 35.1. The summed E-state index contributed by atoms with van der Waals surface area (Å²) in [6.07, 6.45) is 1.92. The molecule has 6 N–H and O–H groups in total. The normalized spacial score (nSPS) is 10.7. The number of fused-ring (bicyclic) bond motifs is 3. The van der Waals surface area contributed by atoms with Gasteiger partial charge in [-0.1, -0.05) is 224 Å². The van der Waals surface area contributed by atoms with Crippen molar-refractivity contribution in [3.8, 4) is 22.4 Å². The molecule has 0 aliphatic rings. The van der Waals surface area contributed by atoms with Gasteiger partial charge in [0.25, 0.3) is 0 Å². The van der Waals surface area contributed by atoms with Crippen LogP contribution in [0, 0.1) is 6.92 Å². The van der Waals surface area contributed by atoms with Gasteiger partial charge >= 0.3 is 24.4 Å². The van der Waals surface area contributed by atoms with Crippen molar-refractivity contribution >= 4 is 104 Å². The maximum absolute atomic E-state index is 11.8. The molecule has 0 bridgehead atoms. The van der Waals surface area contributed by atoms with E-state index < -0.39 is 40.7 Å². The van der Waals surface area contributed by atoms with Crippen LogP contribution in [-0.2, 0) is 51.7 Å². The zero-order valence-electron chi connectivity index (χ0n) is 60.8. The number of hydrogen-bond acceptors (Lipinski definition) is 11. The molecular weight excluding hydrogens is 1390 g/mol. The number of nitrogens with two attached hydrogens (primary N) is 1. The lowest BCUT2D eigenvalue weighted by molar-refractivity contribution is 0.0512. The van der Waals surface area contributed by atoms with Crippen LogP contribution >= 0.6 is 47.2 Å². The molecule has 0 unspecified atom stereocenters. The second-order valence-corrected chi connectivity index (χ2v) is 28.7. The van der Waals surface area contributed by atoms with E-state index in [1.54, 1.807) is 18.3 Å². The monoisotopic (exact) mass is 1490 g/mol. The summed E-state index contributed by atoms with van der Waals surface area (Å²) >= 11 is 17.3. The first kappa shape index (κ1) is 86.7. The largest absolute Gasteiger partial charge is 0.444 e. The summed E-state index contributed by atoms with van der Waals surface area (Å²) in [5.41, 5.74) is 14.1. The molecule has 19 heteroatoms. The standard InChI is InChI=1S/C22H23NO2.C21H22N2O2.C13H19NO2.C12H16ClNO2.C9H6ClN.C7H8ClN.CH4.ClH/c1-22(2,3)25-21(24)23-15-16-8-6-11-18(14-16)20-13-7-10-17-9-4-5-12-19(17)20;1-21(2,3)25-20(24)23-14-15-7-6-9-17(13-15)19-18-10-5-4-8-16(18)11-12-22-19;1-10-6-5-7-11(8-10)9-14-12(15)16-13(2,3)4;1-12(2,3)16-11(15)14-8-9-5-4-6-10(13)7-9;10-9-8-4-2-1-3-7(8)5-6-11-9;8-7-3-1-2-6(4-7)5-9;;/h4-14H,15H2,1-3H3,(H,23,24);4-13H,14H2,1-3H3,(H,23,24);5-8H,9H2,1-4H3,(H,14,15);4-7H,8H2,1-3H3,(H,14,15);1-6H;1-4H,5,9H2;1H4;1H. The minimum Gasteiger partial charge on any atom is -0.444 e. The summed E-state index contributed by atoms with van der Waals surface area (Å²) in [4.78, 5) is 54.9. The number of aryl methyl sites for hydroxylation is 1. The molecule has 0 aliphatic heterocycles. The van der Waals surface area contributed by atoms with Crippen LogP contribution in [0.15, 0.2) is 237 Å². The van der Waals surface area contributed by atoms with Crippen LogP contribution in [-0.4, -0.2) is 56.7 Å². The maximum atomic E-state index is 11.8. The smallest absolute Gasteiger partial charge is 0.407 e. The number of nitrogens with zero attached hydrogens (tertiary/aromatic N) is 2. The first-order chi connectivity index (χ1) is 48.3. The van der Waals surface area contributed by atoms with Gasteiger partial charge in [-0.3, -0.25) is 4.98 Å². The first-order valence-electron chi connectivity index (χ1n) is 33.4. The molecule has 0 aliphatic carbocycles. The Morgan fingerprint density at radius 2 is 0.712 bits per heavy atom. The third-order valence-corrected chi connectivity index (χ3v) is 14.7. The lowest BCUT2D eigenvalue weighted by Gasteiger charge is -2.19. The molecule has 9 aromatic carbocycles. The lowest BCUT2D eigenvalue weighted by atomic mass is 9.97. The highest BCUT2D eigenvalue weighted by molar-refractivity contribution is 6.34. The zero-order chi connectivity index (χ0) is 74.5. The van der Waals surface area contributed by atoms with Crippen molar-refractivity contribution in [3.05, 3.63) is 285 Å². The molecule has 15 nitrogen and oxygen atoms in total.